The molecule has 0 aliphatic rings. The molecule has 22 heavy (non-hydrogen) atoms. The Morgan fingerprint density at radius 1 is 1.05 bits per heavy atom. The van der Waals surface area contributed by atoms with E-state index in [1.54, 1.807) is 28.9 Å². The maximum atomic E-state index is 6.24. The van der Waals surface area contributed by atoms with Gasteiger partial charge in [0.05, 0.1) is 5.02 Å². The van der Waals surface area contributed by atoms with Crippen LogP contribution in [0, 0.1) is 0 Å². The summed E-state index contributed by atoms with van der Waals surface area (Å²) in [5.74, 6) is 0.579. The maximum absolute atomic E-state index is 6.24. The largest absolute Gasteiger partial charge is 0.254 e. The number of aromatic nitrogens is 5. The second-order valence-electron chi connectivity index (χ2n) is 4.46. The van der Waals surface area contributed by atoms with Crippen LogP contribution < -0.4 is 0 Å². The maximum Gasteiger partial charge on any atom is 0.235 e. The van der Waals surface area contributed by atoms with Crippen molar-refractivity contribution in [1.29, 1.82) is 0 Å². The minimum atomic E-state index is 0.509. The summed E-state index contributed by atoms with van der Waals surface area (Å²) in [6.07, 6.45) is 1.73. The Balaban J connectivity index is 1.88. The molecule has 0 saturated heterocycles. The van der Waals surface area contributed by atoms with Crippen molar-refractivity contribution in [2.75, 3.05) is 0 Å². The Kier molecular flexibility index (Phi) is 3.29. The van der Waals surface area contributed by atoms with E-state index >= 15 is 0 Å². The fourth-order valence-electron chi connectivity index (χ4n) is 2.05. The van der Waals surface area contributed by atoms with Crippen LogP contribution >= 0.6 is 34.5 Å². The molecule has 1 aromatic carbocycles. The highest BCUT2D eigenvalue weighted by Gasteiger charge is 2.16. The summed E-state index contributed by atoms with van der Waals surface area (Å²) in [5, 5.41) is 14.7. The molecule has 0 radical (unpaired) electrons. The molecule has 8 heteroatoms. The van der Waals surface area contributed by atoms with Crippen LogP contribution in [0.4, 0.5) is 0 Å². The molecule has 108 valence electrons. The van der Waals surface area contributed by atoms with Gasteiger partial charge in [0.25, 0.3) is 0 Å². The Morgan fingerprint density at radius 3 is 2.73 bits per heavy atom. The Morgan fingerprint density at radius 2 is 1.95 bits per heavy atom. The van der Waals surface area contributed by atoms with Crippen molar-refractivity contribution in [3.63, 3.8) is 0 Å². The van der Waals surface area contributed by atoms with Crippen molar-refractivity contribution in [3.8, 4) is 22.1 Å². The molecule has 0 spiro atoms. The van der Waals surface area contributed by atoms with E-state index in [-0.39, 0.29) is 0 Å². The normalized spacial score (nSPS) is 11.2. The second-order valence-corrected chi connectivity index (χ2v) is 6.26. The van der Waals surface area contributed by atoms with Gasteiger partial charge in [-0.05, 0) is 30.3 Å². The van der Waals surface area contributed by atoms with E-state index in [1.165, 1.54) is 11.3 Å². The smallest absolute Gasteiger partial charge is 0.235 e. The average molecular weight is 348 g/mol. The monoisotopic (exact) mass is 347 g/mol. The molecular formula is C14H7Cl2N5S. The van der Waals surface area contributed by atoms with Gasteiger partial charge in [-0.1, -0.05) is 40.6 Å². The van der Waals surface area contributed by atoms with E-state index in [1.807, 2.05) is 18.2 Å². The standard InChI is InChI=1S/C14H7Cl2N5S/c15-8-4-5-9(10(16)7-8)12-18-19-14-21(12)20-13(22-14)11-3-1-2-6-17-11/h1-7H. The van der Waals surface area contributed by atoms with Gasteiger partial charge in [0.1, 0.15) is 5.69 Å². The number of nitrogens with zero attached hydrogens (tertiary/aromatic N) is 5. The van der Waals surface area contributed by atoms with Gasteiger partial charge in [0, 0.05) is 16.8 Å². The second kappa shape index (κ2) is 5.31. The molecule has 3 heterocycles. The van der Waals surface area contributed by atoms with Gasteiger partial charge < -0.3 is 0 Å². The van der Waals surface area contributed by atoms with Crippen LogP contribution in [0.25, 0.3) is 27.1 Å². The van der Waals surface area contributed by atoms with Crippen molar-refractivity contribution < 1.29 is 0 Å². The zero-order chi connectivity index (χ0) is 15.1. The lowest BCUT2D eigenvalue weighted by molar-refractivity contribution is 0.967. The molecule has 5 nitrogen and oxygen atoms in total. The Bertz CT molecular complexity index is 964. The minimum Gasteiger partial charge on any atom is -0.254 e. The first-order chi connectivity index (χ1) is 10.7. The van der Waals surface area contributed by atoms with Crippen LogP contribution in [0.1, 0.15) is 0 Å². The lowest BCUT2D eigenvalue weighted by Gasteiger charge is -2.01. The molecule has 0 aliphatic heterocycles. The molecule has 0 saturated carbocycles. The molecule has 0 N–H and O–H groups in total. The summed E-state index contributed by atoms with van der Waals surface area (Å²) < 4.78 is 1.67. The molecule has 4 rings (SSSR count). The third-order valence-electron chi connectivity index (χ3n) is 3.05. The Labute approximate surface area is 139 Å². The van der Waals surface area contributed by atoms with E-state index in [2.05, 4.69) is 20.3 Å². The number of hydrogen-bond donors (Lipinski definition) is 0. The van der Waals surface area contributed by atoms with Crippen LogP contribution in [0.3, 0.4) is 0 Å². The van der Waals surface area contributed by atoms with E-state index in [0.29, 0.717) is 20.8 Å². The lowest BCUT2D eigenvalue weighted by Crippen LogP contribution is -1.92. The fraction of sp³-hybridized carbons (Fsp3) is 0. The first-order valence-corrected chi connectivity index (χ1v) is 7.89. The van der Waals surface area contributed by atoms with Crippen molar-refractivity contribution in [2.45, 2.75) is 0 Å². The van der Waals surface area contributed by atoms with Crippen molar-refractivity contribution >= 4 is 39.5 Å². The van der Waals surface area contributed by atoms with E-state index in [0.717, 1.165) is 16.3 Å². The van der Waals surface area contributed by atoms with Crippen LogP contribution in [0.5, 0.6) is 0 Å². The average Bonchev–Trinajstić information content (AvgIpc) is 3.09. The summed E-state index contributed by atoms with van der Waals surface area (Å²) in [6.45, 7) is 0. The molecule has 0 unspecified atom stereocenters. The van der Waals surface area contributed by atoms with Crippen molar-refractivity contribution in [1.82, 2.24) is 24.8 Å². The van der Waals surface area contributed by atoms with Gasteiger partial charge in [0.2, 0.25) is 4.96 Å². The van der Waals surface area contributed by atoms with Crippen LogP contribution in [0.2, 0.25) is 10.0 Å². The van der Waals surface area contributed by atoms with Gasteiger partial charge in [0.15, 0.2) is 10.8 Å². The quantitative estimate of drug-likeness (QED) is 0.544. The molecule has 0 amide bonds. The van der Waals surface area contributed by atoms with Crippen LogP contribution in [0.15, 0.2) is 42.6 Å². The first kappa shape index (κ1) is 13.6. The third kappa shape index (κ3) is 2.25. The zero-order valence-corrected chi connectivity index (χ0v) is 13.3. The Hall–Kier alpha value is -2.02. The molecule has 0 aliphatic carbocycles. The predicted octanol–water partition coefficient (Wildman–Crippen LogP) is 4.22. The number of hydrogen-bond acceptors (Lipinski definition) is 5. The SMILES string of the molecule is Clc1ccc(-c2nnc3sc(-c4ccccn4)nn23)c(Cl)c1. The van der Waals surface area contributed by atoms with Gasteiger partial charge in [-0.15, -0.1) is 10.2 Å². The van der Waals surface area contributed by atoms with Crippen LogP contribution in [-0.2, 0) is 0 Å². The van der Waals surface area contributed by atoms with E-state index < -0.39 is 0 Å². The lowest BCUT2D eigenvalue weighted by atomic mass is 10.2. The van der Waals surface area contributed by atoms with E-state index in [4.69, 9.17) is 23.2 Å². The third-order valence-corrected chi connectivity index (χ3v) is 4.52. The van der Waals surface area contributed by atoms with Gasteiger partial charge in [-0.3, -0.25) is 4.98 Å². The summed E-state index contributed by atoms with van der Waals surface area (Å²) in [6, 6.07) is 10.9. The predicted molar refractivity (Wildman–Crippen MR) is 87.3 cm³/mol. The summed E-state index contributed by atoms with van der Waals surface area (Å²) in [4.78, 5) is 4.98. The molecule has 4 aromatic rings. The fourth-order valence-corrected chi connectivity index (χ4v) is 3.36. The van der Waals surface area contributed by atoms with Gasteiger partial charge in [-0.25, -0.2) is 0 Å². The summed E-state index contributed by atoms with van der Waals surface area (Å²) in [7, 11) is 0. The number of halogens is 2. The highest BCUT2D eigenvalue weighted by atomic mass is 35.5. The van der Waals surface area contributed by atoms with Crippen molar-refractivity contribution in [2.24, 2.45) is 0 Å². The molecule has 0 fully saturated rings. The highest BCUT2D eigenvalue weighted by molar-refractivity contribution is 7.19. The molecule has 0 bridgehead atoms. The highest BCUT2D eigenvalue weighted by Crippen LogP contribution is 2.31. The van der Waals surface area contributed by atoms with E-state index in [9.17, 15) is 0 Å². The minimum absolute atomic E-state index is 0.509. The van der Waals surface area contributed by atoms with Crippen LogP contribution in [-0.4, -0.2) is 24.8 Å². The molecule has 3 aromatic heterocycles. The van der Waals surface area contributed by atoms with Crippen molar-refractivity contribution in [3.05, 3.63) is 52.6 Å². The number of pyridine rings is 1. The number of rotatable bonds is 2. The van der Waals surface area contributed by atoms with Gasteiger partial charge >= 0.3 is 0 Å². The number of benzene rings is 1. The summed E-state index contributed by atoms with van der Waals surface area (Å²) in [5.41, 5.74) is 1.53. The first-order valence-electron chi connectivity index (χ1n) is 6.31. The molecule has 0 atom stereocenters. The topological polar surface area (TPSA) is 56.0 Å². The molecular weight excluding hydrogens is 341 g/mol. The summed E-state index contributed by atoms with van der Waals surface area (Å²) >= 11 is 13.6. The number of fused-ring (bicyclic) bond motifs is 1. The van der Waals surface area contributed by atoms with Gasteiger partial charge in [-0.2, -0.15) is 9.61 Å². The zero-order valence-electron chi connectivity index (χ0n) is 10.9.